The Morgan fingerprint density at radius 2 is 2.15 bits per heavy atom. The molecule has 0 bridgehead atoms. The molecule has 0 saturated carbocycles. The Balaban J connectivity index is 2.02. The van der Waals surface area contributed by atoms with Crippen molar-refractivity contribution in [3.05, 3.63) is 33.3 Å². The zero-order valence-electron chi connectivity index (χ0n) is 10.8. The molecule has 0 unspecified atom stereocenters. The lowest BCUT2D eigenvalue weighted by atomic mass is 10.2. The number of benzene rings is 1. The number of rotatable bonds is 4. The Morgan fingerprint density at radius 3 is 2.80 bits per heavy atom. The van der Waals surface area contributed by atoms with Crippen molar-refractivity contribution in [2.45, 2.75) is 0 Å². The molecule has 1 heterocycles. The molecule has 0 aliphatic carbocycles. The Hall–Kier alpha value is -1.86. The first kappa shape index (κ1) is 14.5. The van der Waals surface area contributed by atoms with Gasteiger partial charge in [0.05, 0.1) is 11.5 Å². The maximum atomic E-state index is 12.0. The predicted octanol–water partition coefficient (Wildman–Crippen LogP) is 1.09. The van der Waals surface area contributed by atoms with Crippen molar-refractivity contribution < 1.29 is 9.72 Å². The molecule has 1 amide bonds. The molecule has 7 nitrogen and oxygen atoms in total. The summed E-state index contributed by atoms with van der Waals surface area (Å²) in [5.41, 5.74) is 0.0493. The van der Waals surface area contributed by atoms with Crippen LogP contribution in [0, 0.1) is 10.1 Å². The first-order chi connectivity index (χ1) is 9.59. The molecule has 2 N–H and O–H groups in total. The second-order valence-corrected chi connectivity index (χ2v) is 4.78. The highest BCUT2D eigenvalue weighted by atomic mass is 35.5. The maximum absolute atomic E-state index is 12.0. The highest BCUT2D eigenvalue weighted by Crippen LogP contribution is 2.31. The summed E-state index contributed by atoms with van der Waals surface area (Å²) < 4.78 is 0. The summed E-state index contributed by atoms with van der Waals surface area (Å²) in [6.45, 7) is 2.85. The van der Waals surface area contributed by atoms with Crippen molar-refractivity contribution in [1.82, 2.24) is 10.2 Å². The van der Waals surface area contributed by atoms with Gasteiger partial charge in [-0.3, -0.25) is 14.9 Å². The average Bonchev–Trinajstić information content (AvgIpc) is 2.45. The van der Waals surface area contributed by atoms with Crippen LogP contribution in [0.1, 0.15) is 0 Å². The van der Waals surface area contributed by atoms with Gasteiger partial charge < -0.3 is 15.5 Å². The molecule has 1 saturated heterocycles. The van der Waals surface area contributed by atoms with E-state index in [1.165, 1.54) is 12.1 Å². The highest BCUT2D eigenvalue weighted by Gasteiger charge is 2.20. The van der Waals surface area contributed by atoms with E-state index in [2.05, 4.69) is 10.6 Å². The van der Waals surface area contributed by atoms with Crippen LogP contribution < -0.4 is 10.6 Å². The lowest BCUT2D eigenvalue weighted by molar-refractivity contribution is -0.383. The minimum absolute atomic E-state index is 0.0151. The van der Waals surface area contributed by atoms with Crippen molar-refractivity contribution in [2.75, 3.05) is 38.0 Å². The van der Waals surface area contributed by atoms with Crippen LogP contribution in [0.15, 0.2) is 18.2 Å². The van der Waals surface area contributed by atoms with Crippen molar-refractivity contribution in [3.63, 3.8) is 0 Å². The van der Waals surface area contributed by atoms with Crippen molar-refractivity contribution in [2.24, 2.45) is 0 Å². The van der Waals surface area contributed by atoms with Crippen LogP contribution in [0.3, 0.4) is 0 Å². The van der Waals surface area contributed by atoms with E-state index in [0.717, 1.165) is 13.1 Å². The number of hydrogen-bond donors (Lipinski definition) is 2. The summed E-state index contributed by atoms with van der Waals surface area (Å²) >= 11 is 5.80. The number of nitrogens with one attached hydrogen (secondary N) is 2. The van der Waals surface area contributed by atoms with Crippen molar-refractivity contribution in [1.29, 1.82) is 0 Å². The molecule has 1 fully saturated rings. The largest absolute Gasteiger partial charge is 0.371 e. The fraction of sp³-hybridized carbons (Fsp3) is 0.417. The summed E-state index contributed by atoms with van der Waals surface area (Å²) in [4.78, 5) is 24.1. The van der Waals surface area contributed by atoms with Gasteiger partial charge in [-0.15, -0.1) is 0 Å². The summed E-state index contributed by atoms with van der Waals surface area (Å²) in [7, 11) is 0. The van der Waals surface area contributed by atoms with Crippen LogP contribution in [0.25, 0.3) is 0 Å². The molecule has 108 valence electrons. The van der Waals surface area contributed by atoms with Gasteiger partial charge in [0, 0.05) is 26.2 Å². The second kappa shape index (κ2) is 6.53. The molecule has 8 heteroatoms. The molecule has 1 aliphatic heterocycles. The van der Waals surface area contributed by atoms with E-state index in [0.29, 0.717) is 13.1 Å². The topological polar surface area (TPSA) is 87.5 Å². The van der Waals surface area contributed by atoms with Gasteiger partial charge in [0.15, 0.2) is 0 Å². The first-order valence-corrected chi connectivity index (χ1v) is 6.62. The van der Waals surface area contributed by atoms with Crippen LogP contribution in [-0.4, -0.2) is 48.5 Å². The van der Waals surface area contributed by atoms with Crippen LogP contribution in [0.4, 0.5) is 11.4 Å². The van der Waals surface area contributed by atoms with E-state index in [9.17, 15) is 14.9 Å². The molecular weight excluding hydrogens is 284 g/mol. The summed E-state index contributed by atoms with van der Waals surface area (Å²) in [6, 6.07) is 4.59. The van der Waals surface area contributed by atoms with Gasteiger partial charge in [-0.25, -0.2) is 0 Å². The molecule has 0 spiro atoms. The summed E-state index contributed by atoms with van der Waals surface area (Å²) in [5, 5.41) is 17.0. The number of halogens is 1. The Morgan fingerprint density at radius 1 is 1.45 bits per heavy atom. The van der Waals surface area contributed by atoms with Gasteiger partial charge in [-0.1, -0.05) is 17.7 Å². The number of piperazine rings is 1. The van der Waals surface area contributed by atoms with E-state index in [-0.39, 0.29) is 28.8 Å². The summed E-state index contributed by atoms with van der Waals surface area (Å²) in [6.07, 6.45) is 0. The third-order valence-electron chi connectivity index (χ3n) is 3.07. The van der Waals surface area contributed by atoms with Crippen molar-refractivity contribution >= 4 is 28.9 Å². The molecule has 0 radical (unpaired) electrons. The van der Waals surface area contributed by atoms with Gasteiger partial charge in [-0.2, -0.15) is 0 Å². The van der Waals surface area contributed by atoms with Crippen LogP contribution in [0.5, 0.6) is 0 Å². The van der Waals surface area contributed by atoms with Gasteiger partial charge in [0.1, 0.15) is 10.7 Å². The van der Waals surface area contributed by atoms with E-state index in [1.807, 2.05) is 0 Å². The highest BCUT2D eigenvalue weighted by molar-refractivity contribution is 6.33. The number of anilines is 1. The second-order valence-electron chi connectivity index (χ2n) is 4.38. The Kier molecular flexibility index (Phi) is 4.75. The molecule has 1 aromatic rings. The molecule has 1 aromatic carbocycles. The smallest absolute Gasteiger partial charge is 0.310 e. The summed E-state index contributed by atoms with van der Waals surface area (Å²) in [5.74, 6) is -0.0826. The van der Waals surface area contributed by atoms with Crippen LogP contribution in [-0.2, 0) is 4.79 Å². The molecule has 20 heavy (non-hydrogen) atoms. The first-order valence-electron chi connectivity index (χ1n) is 6.25. The van der Waals surface area contributed by atoms with Gasteiger partial charge in [0.25, 0.3) is 0 Å². The van der Waals surface area contributed by atoms with Gasteiger partial charge in [-0.05, 0) is 12.1 Å². The predicted molar refractivity (Wildman–Crippen MR) is 76.0 cm³/mol. The van der Waals surface area contributed by atoms with Gasteiger partial charge in [0.2, 0.25) is 5.91 Å². The van der Waals surface area contributed by atoms with Gasteiger partial charge >= 0.3 is 5.69 Å². The number of nitro benzene ring substituents is 1. The fourth-order valence-corrected chi connectivity index (χ4v) is 2.28. The Labute approximate surface area is 121 Å². The van der Waals surface area contributed by atoms with E-state index in [4.69, 9.17) is 11.6 Å². The maximum Gasteiger partial charge on any atom is 0.310 e. The number of amides is 1. The van der Waals surface area contributed by atoms with E-state index < -0.39 is 4.92 Å². The normalized spacial score (nSPS) is 14.9. The van der Waals surface area contributed by atoms with E-state index >= 15 is 0 Å². The quantitative estimate of drug-likeness (QED) is 0.642. The number of carbonyl (C=O) groups excluding carboxylic acids is 1. The third kappa shape index (κ3) is 3.37. The number of nitro groups is 1. The molecule has 0 atom stereocenters. The zero-order chi connectivity index (χ0) is 14.5. The van der Waals surface area contributed by atoms with E-state index in [1.54, 1.807) is 11.0 Å². The number of nitrogens with zero attached hydrogens (tertiary/aromatic N) is 2. The van der Waals surface area contributed by atoms with Crippen LogP contribution >= 0.6 is 11.6 Å². The lowest BCUT2D eigenvalue weighted by Crippen LogP contribution is -2.48. The standard InChI is InChI=1S/C12H15ClN4O3/c13-9-2-1-3-10(12(9)17(19)20)15-8-11(18)16-6-4-14-5-7-16/h1-3,14-15H,4-8H2. The average molecular weight is 299 g/mol. The zero-order valence-corrected chi connectivity index (χ0v) is 11.5. The number of carbonyl (C=O) groups is 1. The number of para-hydroxylation sites is 1. The molecule has 0 aromatic heterocycles. The SMILES string of the molecule is O=C(CNc1cccc(Cl)c1[N+](=O)[O-])N1CCNCC1. The monoisotopic (exact) mass is 298 g/mol. The molecule has 1 aliphatic rings. The van der Waals surface area contributed by atoms with Crippen molar-refractivity contribution in [3.8, 4) is 0 Å². The minimum atomic E-state index is -0.556. The molecular formula is C12H15ClN4O3. The number of hydrogen-bond acceptors (Lipinski definition) is 5. The fourth-order valence-electron chi connectivity index (χ4n) is 2.04. The Bertz CT molecular complexity index is 517. The lowest BCUT2D eigenvalue weighted by Gasteiger charge is -2.27. The minimum Gasteiger partial charge on any atom is -0.371 e. The van der Waals surface area contributed by atoms with Crippen LogP contribution in [0.2, 0.25) is 5.02 Å². The third-order valence-corrected chi connectivity index (χ3v) is 3.37. The molecule has 2 rings (SSSR count).